The molecule has 0 fully saturated rings. The van der Waals surface area contributed by atoms with E-state index in [4.69, 9.17) is 0 Å². The molecule has 126 valence electrons. The smallest absolute Gasteiger partial charge is 0.268 e. The molecule has 2 aromatic heterocycles. The lowest BCUT2D eigenvalue weighted by Crippen LogP contribution is -2.13. The predicted molar refractivity (Wildman–Crippen MR) is 95.6 cm³/mol. The molecule has 0 aliphatic carbocycles. The van der Waals surface area contributed by atoms with Crippen LogP contribution in [0.4, 0.5) is 5.13 Å². The molecule has 0 radical (unpaired) electrons. The third-order valence-corrected chi connectivity index (χ3v) is 4.33. The average Bonchev–Trinajstić information content (AvgIpc) is 3.02. The molecule has 1 amide bonds. The Hall–Kier alpha value is -2.46. The van der Waals surface area contributed by atoms with Gasteiger partial charge in [0.1, 0.15) is 16.6 Å². The molecule has 0 spiro atoms. The molecule has 0 atom stereocenters. The first-order valence-electron chi connectivity index (χ1n) is 7.71. The molecule has 0 saturated carbocycles. The number of nitriles is 1. The number of anilines is 1. The van der Waals surface area contributed by atoms with Crippen molar-refractivity contribution >= 4 is 28.5 Å². The summed E-state index contributed by atoms with van der Waals surface area (Å²) in [6.07, 6.45) is 1.63. The van der Waals surface area contributed by atoms with Gasteiger partial charge in [0.15, 0.2) is 0 Å². The Labute approximate surface area is 145 Å². The lowest BCUT2D eigenvalue weighted by molar-refractivity contribution is -0.112. The molecule has 2 aromatic rings. The first kappa shape index (κ1) is 17.9. The van der Waals surface area contributed by atoms with Crippen LogP contribution < -0.4 is 5.32 Å². The first-order valence-corrected chi connectivity index (χ1v) is 8.53. The summed E-state index contributed by atoms with van der Waals surface area (Å²) in [5.41, 5.74) is 3.10. The van der Waals surface area contributed by atoms with E-state index >= 15 is 0 Å². The minimum absolute atomic E-state index is 0.0488. The Balaban J connectivity index is 2.27. The van der Waals surface area contributed by atoms with E-state index in [9.17, 15) is 10.1 Å². The van der Waals surface area contributed by atoms with Crippen LogP contribution in [0.1, 0.15) is 35.8 Å². The Morgan fingerprint density at radius 2 is 2.12 bits per heavy atom. The topological polar surface area (TPSA) is 83.6 Å². The van der Waals surface area contributed by atoms with Gasteiger partial charge < -0.3 is 4.57 Å². The summed E-state index contributed by atoms with van der Waals surface area (Å²) in [5, 5.41) is 20.8. The number of carbonyl (C=O) groups excluding carboxylic acids is 1. The highest BCUT2D eigenvalue weighted by atomic mass is 32.1. The van der Waals surface area contributed by atoms with Crippen LogP contribution in [0.25, 0.3) is 6.08 Å². The second-order valence-corrected chi connectivity index (χ2v) is 7.26. The number of aromatic nitrogens is 3. The Kier molecular flexibility index (Phi) is 5.52. The zero-order valence-corrected chi connectivity index (χ0v) is 15.4. The van der Waals surface area contributed by atoms with Crippen molar-refractivity contribution in [1.82, 2.24) is 14.8 Å². The molecule has 6 nitrogen and oxygen atoms in total. The highest BCUT2D eigenvalue weighted by molar-refractivity contribution is 7.15. The second kappa shape index (κ2) is 7.41. The van der Waals surface area contributed by atoms with Crippen LogP contribution in [0.3, 0.4) is 0 Å². The van der Waals surface area contributed by atoms with E-state index in [-0.39, 0.29) is 5.57 Å². The van der Waals surface area contributed by atoms with Gasteiger partial charge in [-0.05, 0) is 44.4 Å². The van der Waals surface area contributed by atoms with Gasteiger partial charge in [0.2, 0.25) is 5.13 Å². The molecule has 7 heteroatoms. The van der Waals surface area contributed by atoms with E-state index in [0.29, 0.717) is 11.0 Å². The van der Waals surface area contributed by atoms with Crippen molar-refractivity contribution < 1.29 is 4.79 Å². The van der Waals surface area contributed by atoms with E-state index < -0.39 is 5.91 Å². The van der Waals surface area contributed by atoms with Crippen molar-refractivity contribution in [3.05, 3.63) is 33.6 Å². The Bertz CT molecular complexity index is 823. The molecular weight excluding hydrogens is 322 g/mol. The summed E-state index contributed by atoms with van der Waals surface area (Å²) in [7, 11) is 0. The van der Waals surface area contributed by atoms with E-state index in [0.717, 1.165) is 28.5 Å². The van der Waals surface area contributed by atoms with Crippen molar-refractivity contribution in [2.24, 2.45) is 5.92 Å². The minimum Gasteiger partial charge on any atom is -0.348 e. The maximum absolute atomic E-state index is 12.3. The quantitative estimate of drug-likeness (QED) is 0.665. The number of hydrogen-bond acceptors (Lipinski definition) is 5. The SMILES string of the molecule is Cc1nnc(NC(=O)/C(C#N)=C/c2cc(C)n(CC(C)C)c2C)s1. The third-order valence-electron chi connectivity index (χ3n) is 3.57. The lowest BCUT2D eigenvalue weighted by Gasteiger charge is -2.12. The van der Waals surface area contributed by atoms with Crippen LogP contribution in [0.15, 0.2) is 11.6 Å². The fourth-order valence-electron chi connectivity index (χ4n) is 2.44. The fraction of sp³-hybridized carbons (Fsp3) is 0.412. The molecule has 0 unspecified atom stereocenters. The Morgan fingerprint density at radius 1 is 1.42 bits per heavy atom. The van der Waals surface area contributed by atoms with Crippen LogP contribution in [0.2, 0.25) is 0 Å². The number of hydrogen-bond donors (Lipinski definition) is 1. The maximum Gasteiger partial charge on any atom is 0.268 e. The van der Waals surface area contributed by atoms with Gasteiger partial charge in [0.05, 0.1) is 0 Å². The molecule has 0 aliphatic rings. The van der Waals surface area contributed by atoms with Gasteiger partial charge in [-0.1, -0.05) is 25.2 Å². The summed E-state index contributed by atoms with van der Waals surface area (Å²) in [6, 6.07) is 3.97. The monoisotopic (exact) mass is 343 g/mol. The molecule has 1 N–H and O–H groups in total. The van der Waals surface area contributed by atoms with Crippen molar-refractivity contribution in [3.63, 3.8) is 0 Å². The fourth-order valence-corrected chi connectivity index (χ4v) is 3.02. The van der Waals surface area contributed by atoms with Crippen LogP contribution in [0.5, 0.6) is 0 Å². The number of rotatable bonds is 5. The minimum atomic E-state index is -0.470. The number of amides is 1. The molecule has 2 heterocycles. The van der Waals surface area contributed by atoms with E-state index in [1.54, 1.807) is 13.0 Å². The summed E-state index contributed by atoms with van der Waals surface area (Å²) >= 11 is 1.27. The number of nitrogens with zero attached hydrogens (tertiary/aromatic N) is 4. The van der Waals surface area contributed by atoms with E-state index in [1.165, 1.54) is 11.3 Å². The maximum atomic E-state index is 12.3. The number of carbonyl (C=O) groups is 1. The molecule has 0 aromatic carbocycles. The number of aryl methyl sites for hydroxylation is 2. The second-order valence-electron chi connectivity index (χ2n) is 6.08. The van der Waals surface area contributed by atoms with Crippen molar-refractivity contribution in [2.75, 3.05) is 5.32 Å². The Morgan fingerprint density at radius 3 is 2.67 bits per heavy atom. The van der Waals surface area contributed by atoms with E-state index in [2.05, 4.69) is 33.9 Å². The summed E-state index contributed by atoms with van der Waals surface area (Å²) in [4.78, 5) is 12.3. The van der Waals surface area contributed by atoms with Crippen LogP contribution in [-0.2, 0) is 11.3 Å². The lowest BCUT2D eigenvalue weighted by atomic mass is 10.1. The largest absolute Gasteiger partial charge is 0.348 e. The summed E-state index contributed by atoms with van der Waals surface area (Å²) in [6.45, 7) is 11.1. The average molecular weight is 343 g/mol. The molecule has 24 heavy (non-hydrogen) atoms. The van der Waals surface area contributed by atoms with E-state index in [1.807, 2.05) is 26.0 Å². The van der Waals surface area contributed by atoms with Gasteiger partial charge in [-0.25, -0.2) is 0 Å². The van der Waals surface area contributed by atoms with Gasteiger partial charge in [-0.15, -0.1) is 10.2 Å². The van der Waals surface area contributed by atoms with Gasteiger partial charge >= 0.3 is 0 Å². The third kappa shape index (κ3) is 4.09. The highest BCUT2D eigenvalue weighted by Gasteiger charge is 2.15. The molecule has 2 rings (SSSR count). The van der Waals surface area contributed by atoms with Crippen LogP contribution in [-0.4, -0.2) is 20.7 Å². The predicted octanol–water partition coefficient (Wildman–Crippen LogP) is 3.47. The molecular formula is C17H21N5OS. The highest BCUT2D eigenvalue weighted by Crippen LogP contribution is 2.21. The number of nitrogens with one attached hydrogen (secondary N) is 1. The molecule has 0 bridgehead atoms. The van der Waals surface area contributed by atoms with Gasteiger partial charge in [0.25, 0.3) is 5.91 Å². The van der Waals surface area contributed by atoms with Gasteiger partial charge in [-0.2, -0.15) is 5.26 Å². The van der Waals surface area contributed by atoms with Gasteiger partial charge in [-0.3, -0.25) is 10.1 Å². The van der Waals surface area contributed by atoms with Crippen molar-refractivity contribution in [1.29, 1.82) is 5.26 Å². The summed E-state index contributed by atoms with van der Waals surface area (Å²) < 4.78 is 2.21. The van der Waals surface area contributed by atoms with Crippen LogP contribution in [0, 0.1) is 38.0 Å². The zero-order chi connectivity index (χ0) is 17.9. The van der Waals surface area contributed by atoms with Crippen molar-refractivity contribution in [2.45, 2.75) is 41.2 Å². The standard InChI is InChI=1S/C17H21N5OS/c1-10(2)9-22-11(3)6-14(12(22)4)7-15(8-18)16(23)19-17-21-20-13(5)24-17/h6-7,10H,9H2,1-5H3,(H,19,21,23)/b15-7+. The van der Waals surface area contributed by atoms with Crippen molar-refractivity contribution in [3.8, 4) is 6.07 Å². The van der Waals surface area contributed by atoms with Crippen LogP contribution >= 0.6 is 11.3 Å². The normalized spacial score (nSPS) is 11.6. The van der Waals surface area contributed by atoms with Gasteiger partial charge in [0, 0.05) is 17.9 Å². The first-order chi connectivity index (χ1) is 11.3. The summed E-state index contributed by atoms with van der Waals surface area (Å²) in [5.74, 6) is 0.0494. The zero-order valence-electron chi connectivity index (χ0n) is 14.5. The molecule has 0 aliphatic heterocycles. The molecule has 0 saturated heterocycles.